The van der Waals surface area contributed by atoms with Gasteiger partial charge >= 0.3 is 0 Å². The molecular formula is C14H20BrNO3. The average Bonchev–Trinajstić information content (AvgIpc) is 2.64. The number of ether oxygens (including phenoxy) is 2. The number of halogens is 1. The molecule has 0 atom stereocenters. The molecule has 0 spiro atoms. The number of benzene rings is 1. The lowest BCUT2D eigenvalue weighted by Gasteiger charge is -2.20. The zero-order chi connectivity index (χ0) is 13.7. The Morgan fingerprint density at radius 1 is 1.32 bits per heavy atom. The third kappa shape index (κ3) is 3.84. The fourth-order valence-corrected chi connectivity index (χ4v) is 2.73. The van der Waals surface area contributed by atoms with Crippen LogP contribution in [0.1, 0.15) is 18.9 Å². The van der Waals surface area contributed by atoms with Gasteiger partial charge in [-0.3, -0.25) is 4.90 Å². The lowest BCUT2D eigenvalue weighted by atomic mass is 10.2. The van der Waals surface area contributed by atoms with Crippen LogP contribution in [0.2, 0.25) is 0 Å². The fourth-order valence-electron chi connectivity index (χ4n) is 2.12. The molecule has 4 nitrogen and oxygen atoms in total. The molecule has 1 aliphatic heterocycles. The number of aliphatic hydroxyl groups is 1. The van der Waals surface area contributed by atoms with Gasteiger partial charge in [-0.2, -0.15) is 0 Å². The van der Waals surface area contributed by atoms with Crippen molar-refractivity contribution in [1.29, 1.82) is 0 Å². The van der Waals surface area contributed by atoms with Crippen molar-refractivity contribution >= 4 is 15.9 Å². The molecule has 2 rings (SSSR count). The summed E-state index contributed by atoms with van der Waals surface area (Å²) in [7, 11) is 0. The summed E-state index contributed by atoms with van der Waals surface area (Å²) in [6, 6.07) is 4.10. The fraction of sp³-hybridized carbons (Fsp3) is 0.571. The first kappa shape index (κ1) is 14.6. The van der Waals surface area contributed by atoms with E-state index < -0.39 is 0 Å². The van der Waals surface area contributed by atoms with E-state index in [1.807, 2.05) is 6.07 Å². The molecule has 19 heavy (non-hydrogen) atoms. The van der Waals surface area contributed by atoms with Crippen molar-refractivity contribution < 1.29 is 14.6 Å². The lowest BCUT2D eigenvalue weighted by Crippen LogP contribution is -2.26. The number of fused-ring (bicyclic) bond motifs is 1. The van der Waals surface area contributed by atoms with Gasteiger partial charge in [-0.15, -0.1) is 0 Å². The summed E-state index contributed by atoms with van der Waals surface area (Å²) < 4.78 is 12.3. The normalized spacial score (nSPS) is 14.5. The smallest absolute Gasteiger partial charge is 0.175 e. The van der Waals surface area contributed by atoms with Gasteiger partial charge in [0.1, 0.15) is 0 Å². The molecule has 1 heterocycles. The molecule has 106 valence electrons. The van der Waals surface area contributed by atoms with Crippen molar-refractivity contribution in [3.8, 4) is 11.5 Å². The molecule has 1 aromatic rings. The van der Waals surface area contributed by atoms with Crippen molar-refractivity contribution in [3.63, 3.8) is 0 Å². The Morgan fingerprint density at radius 2 is 2.11 bits per heavy atom. The highest BCUT2D eigenvalue weighted by atomic mass is 79.9. The number of hydrogen-bond acceptors (Lipinski definition) is 4. The van der Waals surface area contributed by atoms with Gasteiger partial charge in [0.05, 0.1) is 24.3 Å². The first-order chi connectivity index (χ1) is 9.24. The maximum atomic E-state index is 9.03. The summed E-state index contributed by atoms with van der Waals surface area (Å²) in [5.74, 6) is 1.60. The van der Waals surface area contributed by atoms with Crippen LogP contribution in [0.4, 0.5) is 0 Å². The van der Waals surface area contributed by atoms with Gasteiger partial charge in [0.15, 0.2) is 11.5 Å². The van der Waals surface area contributed by atoms with Gasteiger partial charge in [-0.25, -0.2) is 0 Å². The second-order valence-corrected chi connectivity index (χ2v) is 5.40. The predicted octanol–water partition coefficient (Wildman–Crippen LogP) is 2.42. The lowest BCUT2D eigenvalue weighted by molar-refractivity contribution is 0.196. The predicted molar refractivity (Wildman–Crippen MR) is 77.8 cm³/mol. The molecular weight excluding hydrogens is 310 g/mol. The topological polar surface area (TPSA) is 41.9 Å². The van der Waals surface area contributed by atoms with Gasteiger partial charge in [0.25, 0.3) is 0 Å². The third-order valence-electron chi connectivity index (χ3n) is 3.13. The molecule has 5 heteroatoms. The van der Waals surface area contributed by atoms with Crippen LogP contribution in [-0.4, -0.2) is 42.9 Å². The molecule has 0 aliphatic carbocycles. The Kier molecular flexibility index (Phi) is 5.48. The van der Waals surface area contributed by atoms with E-state index in [2.05, 4.69) is 33.8 Å². The zero-order valence-corrected chi connectivity index (χ0v) is 12.8. The standard InChI is InChI=1S/C14H20BrNO3/c1-2-16(4-5-17)10-11-8-12(15)14-13(9-11)18-6-3-7-19-14/h8-9,17H,2-7,10H2,1H3. The summed E-state index contributed by atoms with van der Waals surface area (Å²) in [5.41, 5.74) is 1.16. The van der Waals surface area contributed by atoms with Gasteiger partial charge in [-0.05, 0) is 40.2 Å². The summed E-state index contributed by atoms with van der Waals surface area (Å²) in [6.45, 7) is 6.04. The van der Waals surface area contributed by atoms with E-state index in [0.29, 0.717) is 19.8 Å². The highest BCUT2D eigenvalue weighted by molar-refractivity contribution is 9.10. The quantitative estimate of drug-likeness (QED) is 0.900. The molecule has 0 amide bonds. The minimum Gasteiger partial charge on any atom is -0.490 e. The SMILES string of the molecule is CCN(CCO)Cc1cc(Br)c2c(c1)OCCCO2. The molecule has 0 bridgehead atoms. The molecule has 1 aromatic carbocycles. The minimum atomic E-state index is 0.180. The van der Waals surface area contributed by atoms with E-state index in [9.17, 15) is 0 Å². The summed E-state index contributed by atoms with van der Waals surface area (Å²) >= 11 is 3.55. The molecule has 0 unspecified atom stereocenters. The average molecular weight is 330 g/mol. The highest BCUT2D eigenvalue weighted by Crippen LogP contribution is 2.38. The van der Waals surface area contributed by atoms with Crippen molar-refractivity contribution in [2.75, 3.05) is 32.9 Å². The van der Waals surface area contributed by atoms with E-state index in [1.54, 1.807) is 0 Å². The Balaban J connectivity index is 2.18. The molecule has 0 saturated heterocycles. The second kappa shape index (κ2) is 7.12. The number of rotatable bonds is 5. The maximum absolute atomic E-state index is 9.03. The van der Waals surface area contributed by atoms with Gasteiger partial charge in [0, 0.05) is 19.5 Å². The van der Waals surface area contributed by atoms with E-state index >= 15 is 0 Å². The van der Waals surface area contributed by atoms with Crippen LogP contribution in [0.3, 0.4) is 0 Å². The highest BCUT2D eigenvalue weighted by Gasteiger charge is 2.16. The van der Waals surface area contributed by atoms with Crippen LogP contribution in [0.15, 0.2) is 16.6 Å². The Labute approximate surface area is 122 Å². The van der Waals surface area contributed by atoms with Crippen LogP contribution in [-0.2, 0) is 6.54 Å². The van der Waals surface area contributed by atoms with Gasteiger partial charge in [0.2, 0.25) is 0 Å². The summed E-state index contributed by atoms with van der Waals surface area (Å²) in [4.78, 5) is 2.19. The zero-order valence-electron chi connectivity index (χ0n) is 11.2. The van der Waals surface area contributed by atoms with Crippen molar-refractivity contribution in [3.05, 3.63) is 22.2 Å². The second-order valence-electron chi connectivity index (χ2n) is 4.55. The monoisotopic (exact) mass is 329 g/mol. The van der Waals surface area contributed by atoms with E-state index in [0.717, 1.165) is 41.0 Å². The van der Waals surface area contributed by atoms with E-state index in [4.69, 9.17) is 14.6 Å². The molecule has 1 aliphatic rings. The number of aliphatic hydroxyl groups excluding tert-OH is 1. The molecule has 0 radical (unpaired) electrons. The van der Waals surface area contributed by atoms with Crippen LogP contribution in [0, 0.1) is 0 Å². The first-order valence-electron chi connectivity index (χ1n) is 6.65. The van der Waals surface area contributed by atoms with Crippen LogP contribution in [0.25, 0.3) is 0 Å². The van der Waals surface area contributed by atoms with Gasteiger partial charge < -0.3 is 14.6 Å². The van der Waals surface area contributed by atoms with Crippen LogP contribution in [0.5, 0.6) is 11.5 Å². The van der Waals surface area contributed by atoms with Crippen LogP contribution < -0.4 is 9.47 Å². The maximum Gasteiger partial charge on any atom is 0.175 e. The molecule has 1 N–H and O–H groups in total. The number of hydrogen-bond donors (Lipinski definition) is 1. The molecule has 0 saturated carbocycles. The Hall–Kier alpha value is -0.780. The van der Waals surface area contributed by atoms with Crippen LogP contribution >= 0.6 is 15.9 Å². The van der Waals surface area contributed by atoms with E-state index in [-0.39, 0.29) is 6.61 Å². The van der Waals surface area contributed by atoms with Crippen molar-refractivity contribution in [2.24, 2.45) is 0 Å². The Morgan fingerprint density at radius 3 is 2.84 bits per heavy atom. The number of nitrogens with zero attached hydrogens (tertiary/aromatic N) is 1. The van der Waals surface area contributed by atoms with Crippen molar-refractivity contribution in [2.45, 2.75) is 19.9 Å². The van der Waals surface area contributed by atoms with Crippen molar-refractivity contribution in [1.82, 2.24) is 4.90 Å². The molecule has 0 fully saturated rings. The Bertz CT molecular complexity index is 425. The van der Waals surface area contributed by atoms with Gasteiger partial charge in [-0.1, -0.05) is 6.92 Å². The summed E-state index contributed by atoms with van der Waals surface area (Å²) in [6.07, 6.45) is 0.905. The van der Waals surface area contributed by atoms with E-state index in [1.165, 1.54) is 0 Å². The third-order valence-corrected chi connectivity index (χ3v) is 3.72. The summed E-state index contributed by atoms with van der Waals surface area (Å²) in [5, 5.41) is 9.03. The minimum absolute atomic E-state index is 0.180. The number of likely N-dealkylation sites (N-methyl/N-ethyl adjacent to an activating group) is 1. The molecule has 0 aromatic heterocycles. The largest absolute Gasteiger partial charge is 0.490 e. The first-order valence-corrected chi connectivity index (χ1v) is 7.45.